The molecule has 1 fully saturated rings. The van der Waals surface area contributed by atoms with Crippen LogP contribution in [-0.4, -0.2) is 67.8 Å². The highest BCUT2D eigenvalue weighted by Crippen LogP contribution is 2.28. The van der Waals surface area contributed by atoms with E-state index in [0.717, 1.165) is 18.5 Å². The molecular weight excluding hydrogens is 369 g/mol. The fourth-order valence-corrected chi connectivity index (χ4v) is 2.77. The van der Waals surface area contributed by atoms with Gasteiger partial charge in [0.25, 0.3) is 5.91 Å². The Morgan fingerprint density at radius 2 is 1.85 bits per heavy atom. The van der Waals surface area contributed by atoms with Crippen LogP contribution in [0.4, 0.5) is 19.1 Å². The van der Waals surface area contributed by atoms with E-state index in [-0.39, 0.29) is 43.4 Å². The van der Waals surface area contributed by atoms with Gasteiger partial charge in [0.1, 0.15) is 17.0 Å². The molecule has 27 heavy (non-hydrogen) atoms. The number of carbonyl (C=O) groups is 2. The Balaban J connectivity index is 1.72. The van der Waals surface area contributed by atoms with Crippen LogP contribution in [0.5, 0.6) is 0 Å². The number of alkyl halides is 3. The summed E-state index contributed by atoms with van der Waals surface area (Å²) in [5, 5.41) is 13.0. The molecule has 3 rings (SSSR count). The van der Waals surface area contributed by atoms with Gasteiger partial charge in [-0.05, 0) is 6.07 Å². The summed E-state index contributed by atoms with van der Waals surface area (Å²) in [6.07, 6.45) is -2.43. The quantitative estimate of drug-likeness (QED) is 0.838. The van der Waals surface area contributed by atoms with Crippen LogP contribution >= 0.6 is 0 Å². The topological polar surface area (TPSA) is 104 Å². The largest absolute Gasteiger partial charge is 0.478 e. The molecule has 2 aromatic rings. The number of piperazine rings is 1. The lowest BCUT2D eigenvalue weighted by molar-refractivity contribution is -0.141. The van der Waals surface area contributed by atoms with Crippen LogP contribution < -0.4 is 4.90 Å². The van der Waals surface area contributed by atoms with Crippen LogP contribution in [0, 0.1) is 0 Å². The number of aryl methyl sites for hydroxylation is 1. The first kappa shape index (κ1) is 18.6. The third-order valence-corrected chi connectivity index (χ3v) is 4.15. The minimum Gasteiger partial charge on any atom is -0.478 e. The van der Waals surface area contributed by atoms with Gasteiger partial charge in [0, 0.05) is 39.4 Å². The second kappa shape index (κ2) is 6.85. The Hall–Kier alpha value is -3.18. The van der Waals surface area contributed by atoms with Gasteiger partial charge in [0.05, 0.1) is 6.20 Å². The van der Waals surface area contributed by atoms with Gasteiger partial charge >= 0.3 is 12.1 Å². The molecule has 144 valence electrons. The van der Waals surface area contributed by atoms with Gasteiger partial charge < -0.3 is 14.9 Å². The lowest BCUT2D eigenvalue weighted by Crippen LogP contribution is -2.50. The molecule has 0 radical (unpaired) electrons. The first-order valence-electron chi connectivity index (χ1n) is 7.88. The van der Waals surface area contributed by atoms with E-state index in [0.29, 0.717) is 0 Å². The Bertz CT molecular complexity index is 874. The zero-order valence-corrected chi connectivity index (χ0v) is 14.1. The molecule has 12 heteroatoms. The average Bonchev–Trinajstić information content (AvgIpc) is 3.02. The van der Waals surface area contributed by atoms with E-state index in [1.165, 1.54) is 16.6 Å². The predicted octanol–water partition coefficient (Wildman–Crippen LogP) is 0.890. The number of aromatic carboxylic acids is 1. The van der Waals surface area contributed by atoms with E-state index >= 15 is 0 Å². The number of amides is 1. The molecule has 1 saturated heterocycles. The van der Waals surface area contributed by atoms with Crippen molar-refractivity contribution in [3.8, 4) is 0 Å². The summed E-state index contributed by atoms with van der Waals surface area (Å²) < 4.78 is 39.5. The van der Waals surface area contributed by atoms with Crippen LogP contribution in [0.15, 0.2) is 18.5 Å². The minimum absolute atomic E-state index is 0.0498. The van der Waals surface area contributed by atoms with E-state index in [9.17, 15) is 22.8 Å². The van der Waals surface area contributed by atoms with Gasteiger partial charge in [-0.15, -0.1) is 0 Å². The first-order chi connectivity index (χ1) is 12.7. The van der Waals surface area contributed by atoms with Crippen molar-refractivity contribution in [1.82, 2.24) is 24.6 Å². The molecule has 0 atom stereocenters. The van der Waals surface area contributed by atoms with E-state index in [1.807, 2.05) is 0 Å². The van der Waals surface area contributed by atoms with E-state index in [1.54, 1.807) is 4.90 Å². The van der Waals surface area contributed by atoms with Crippen LogP contribution in [-0.2, 0) is 13.2 Å². The number of carbonyl (C=O) groups excluding carboxylic acids is 1. The van der Waals surface area contributed by atoms with E-state index in [2.05, 4.69) is 15.1 Å². The van der Waals surface area contributed by atoms with Gasteiger partial charge in [0.15, 0.2) is 0 Å². The molecule has 9 nitrogen and oxygen atoms in total. The number of anilines is 1. The molecule has 0 bridgehead atoms. The maximum Gasteiger partial charge on any atom is 0.433 e. The monoisotopic (exact) mass is 384 g/mol. The van der Waals surface area contributed by atoms with Crippen LogP contribution in [0.3, 0.4) is 0 Å². The minimum atomic E-state index is -4.57. The molecular formula is C15H15F3N6O3. The highest BCUT2D eigenvalue weighted by atomic mass is 19.4. The van der Waals surface area contributed by atoms with Crippen LogP contribution in [0.1, 0.15) is 26.5 Å². The van der Waals surface area contributed by atoms with Crippen molar-refractivity contribution in [2.45, 2.75) is 6.18 Å². The smallest absolute Gasteiger partial charge is 0.433 e. The number of aromatic nitrogens is 4. The summed E-state index contributed by atoms with van der Waals surface area (Å²) >= 11 is 0. The molecule has 0 spiro atoms. The van der Waals surface area contributed by atoms with Crippen LogP contribution in [0.25, 0.3) is 0 Å². The molecule has 1 amide bonds. The molecule has 0 unspecified atom stereocenters. The number of carboxylic acid groups (broad SMARTS) is 1. The molecule has 1 aliphatic heterocycles. The van der Waals surface area contributed by atoms with Gasteiger partial charge in [-0.25, -0.2) is 14.8 Å². The second-order valence-corrected chi connectivity index (χ2v) is 5.85. The molecule has 0 saturated carbocycles. The Kier molecular flexibility index (Phi) is 4.72. The molecule has 1 N–H and O–H groups in total. The summed E-state index contributed by atoms with van der Waals surface area (Å²) in [6.45, 7) is 0.798. The van der Waals surface area contributed by atoms with Crippen LogP contribution in [0.2, 0.25) is 0 Å². The number of carboxylic acids is 1. The number of rotatable bonds is 3. The van der Waals surface area contributed by atoms with Crippen molar-refractivity contribution < 1.29 is 27.9 Å². The van der Waals surface area contributed by atoms with Gasteiger partial charge in [-0.3, -0.25) is 9.48 Å². The zero-order chi connectivity index (χ0) is 19.8. The van der Waals surface area contributed by atoms with Crippen molar-refractivity contribution >= 4 is 17.8 Å². The van der Waals surface area contributed by atoms with Gasteiger partial charge in [-0.2, -0.15) is 18.3 Å². The van der Waals surface area contributed by atoms with Crippen molar-refractivity contribution in [1.29, 1.82) is 0 Å². The molecule has 0 aliphatic carbocycles. The van der Waals surface area contributed by atoms with Gasteiger partial charge in [0.2, 0.25) is 5.95 Å². The summed E-state index contributed by atoms with van der Waals surface area (Å²) in [7, 11) is 1.46. The zero-order valence-electron chi connectivity index (χ0n) is 14.1. The lowest BCUT2D eigenvalue weighted by atomic mass is 10.2. The lowest BCUT2D eigenvalue weighted by Gasteiger charge is -2.34. The highest BCUT2D eigenvalue weighted by molar-refractivity contribution is 6.03. The summed E-state index contributed by atoms with van der Waals surface area (Å²) in [5.74, 6) is -1.83. The Labute approximate surface area is 151 Å². The third kappa shape index (κ3) is 3.68. The number of halogens is 3. The molecule has 0 aromatic carbocycles. The highest BCUT2D eigenvalue weighted by Gasteiger charge is 2.34. The fourth-order valence-electron chi connectivity index (χ4n) is 2.77. The maximum absolute atomic E-state index is 12.8. The average molecular weight is 384 g/mol. The standard InChI is InChI=1S/C15H15F3N6O3/c1-22-11(9(8-20-22)13(26)27)12(25)23-4-6-24(7-5-23)14-19-3-2-10(21-14)15(16,17)18/h2-3,8H,4-7H2,1H3,(H,26,27). The SMILES string of the molecule is Cn1ncc(C(=O)O)c1C(=O)N1CCN(c2nccc(C(F)(F)F)n2)CC1. The summed E-state index contributed by atoms with van der Waals surface area (Å²) in [6, 6.07) is 0.791. The molecule has 3 heterocycles. The van der Waals surface area contributed by atoms with E-state index < -0.39 is 23.7 Å². The predicted molar refractivity (Wildman–Crippen MR) is 85.3 cm³/mol. The molecule has 2 aromatic heterocycles. The Morgan fingerprint density at radius 3 is 2.44 bits per heavy atom. The fraction of sp³-hybridized carbons (Fsp3) is 0.400. The second-order valence-electron chi connectivity index (χ2n) is 5.85. The first-order valence-corrected chi connectivity index (χ1v) is 7.88. The van der Waals surface area contributed by atoms with Crippen molar-refractivity contribution in [3.63, 3.8) is 0 Å². The number of nitrogens with zero attached hydrogens (tertiary/aromatic N) is 6. The van der Waals surface area contributed by atoms with Crippen molar-refractivity contribution in [2.24, 2.45) is 7.05 Å². The number of hydrogen-bond donors (Lipinski definition) is 1. The molecule has 1 aliphatic rings. The Morgan fingerprint density at radius 1 is 1.19 bits per heavy atom. The van der Waals surface area contributed by atoms with Crippen molar-refractivity contribution in [3.05, 3.63) is 35.4 Å². The van der Waals surface area contributed by atoms with Crippen molar-refractivity contribution in [2.75, 3.05) is 31.1 Å². The van der Waals surface area contributed by atoms with E-state index in [4.69, 9.17) is 5.11 Å². The number of hydrogen-bond acceptors (Lipinski definition) is 6. The third-order valence-electron chi connectivity index (χ3n) is 4.15. The normalized spacial score (nSPS) is 15.1. The summed E-state index contributed by atoms with van der Waals surface area (Å²) in [4.78, 5) is 34.2. The summed E-state index contributed by atoms with van der Waals surface area (Å²) in [5.41, 5.74) is -1.29. The maximum atomic E-state index is 12.8. The van der Waals surface area contributed by atoms with Gasteiger partial charge in [-0.1, -0.05) is 0 Å².